The fraction of sp³-hybridized carbons (Fsp3) is 0.500. The Balaban J connectivity index is 3.36. The molecule has 1 heterocycles. The number of carbonyl (C=O) groups excluding carboxylic acids is 1. The minimum absolute atomic E-state index is 0.00832. The summed E-state index contributed by atoms with van der Waals surface area (Å²) in [4.78, 5) is 14.5. The number of ether oxygens (including phenoxy) is 2. The number of pyridine rings is 1. The summed E-state index contributed by atoms with van der Waals surface area (Å²) in [6, 6.07) is 0.354. The van der Waals surface area contributed by atoms with Crippen LogP contribution in [0.15, 0.2) is 6.07 Å². The highest BCUT2D eigenvalue weighted by atomic mass is 19.4. The first kappa shape index (κ1) is 19.0. The van der Waals surface area contributed by atoms with Gasteiger partial charge in [0.25, 0.3) is 0 Å². The number of carbonyl (C=O) groups is 1. The van der Waals surface area contributed by atoms with Crippen molar-refractivity contribution in [1.29, 1.82) is 0 Å². The molecule has 0 unspecified atom stereocenters. The number of hydrogen-bond acceptors (Lipinski definition) is 5. The van der Waals surface area contributed by atoms with Crippen molar-refractivity contribution in [2.75, 3.05) is 6.61 Å². The third-order valence-electron chi connectivity index (χ3n) is 2.51. The number of halogens is 6. The average molecular weight is 346 g/mol. The second-order valence-corrected chi connectivity index (χ2v) is 4.18. The van der Waals surface area contributed by atoms with Gasteiger partial charge in [0.15, 0.2) is 0 Å². The van der Waals surface area contributed by atoms with Gasteiger partial charge in [-0.3, -0.25) is 4.79 Å². The van der Waals surface area contributed by atoms with Crippen LogP contribution in [0.3, 0.4) is 0 Å². The molecule has 0 radical (unpaired) electrons. The highest BCUT2D eigenvalue weighted by Crippen LogP contribution is 2.38. The maximum atomic E-state index is 12.9. The lowest BCUT2D eigenvalue weighted by Gasteiger charge is -2.17. The molecule has 130 valence electrons. The van der Waals surface area contributed by atoms with Crippen molar-refractivity contribution in [1.82, 2.24) is 4.98 Å². The summed E-state index contributed by atoms with van der Waals surface area (Å²) in [7, 11) is 0. The topological polar surface area (TPSA) is 74.4 Å². The van der Waals surface area contributed by atoms with Crippen molar-refractivity contribution in [3.05, 3.63) is 22.9 Å². The molecule has 0 saturated heterocycles. The van der Waals surface area contributed by atoms with Crippen molar-refractivity contribution >= 4 is 5.97 Å². The second-order valence-electron chi connectivity index (χ2n) is 4.18. The van der Waals surface area contributed by atoms with Crippen LogP contribution >= 0.6 is 0 Å². The summed E-state index contributed by atoms with van der Waals surface area (Å²) >= 11 is 0. The van der Waals surface area contributed by atoms with Crippen LogP contribution in [0.5, 0.6) is 5.88 Å². The van der Waals surface area contributed by atoms with E-state index in [2.05, 4.69) is 14.5 Å². The van der Waals surface area contributed by atoms with Crippen molar-refractivity contribution in [2.45, 2.75) is 32.4 Å². The van der Waals surface area contributed by atoms with Crippen LogP contribution in [0.4, 0.5) is 26.3 Å². The van der Waals surface area contributed by atoms with Gasteiger partial charge in [-0.25, -0.2) is 4.98 Å². The van der Waals surface area contributed by atoms with Gasteiger partial charge in [-0.1, -0.05) is 0 Å². The monoisotopic (exact) mass is 346 g/mol. The van der Waals surface area contributed by atoms with Gasteiger partial charge in [0, 0.05) is 6.54 Å². The summed E-state index contributed by atoms with van der Waals surface area (Å²) in [5.74, 6) is -2.53. The highest BCUT2D eigenvalue weighted by Gasteiger charge is 2.41. The smallest absolute Gasteiger partial charge is 0.466 e. The van der Waals surface area contributed by atoms with Gasteiger partial charge in [0.1, 0.15) is 5.56 Å². The molecule has 2 N–H and O–H groups in total. The number of alkyl halides is 6. The maximum Gasteiger partial charge on any atom is 0.574 e. The Morgan fingerprint density at radius 2 is 1.87 bits per heavy atom. The summed E-state index contributed by atoms with van der Waals surface area (Å²) in [6.45, 7) is 0.994. The minimum atomic E-state index is -5.36. The van der Waals surface area contributed by atoms with E-state index in [-0.39, 0.29) is 17.9 Å². The molecule has 0 aliphatic heterocycles. The standard InChI is InChI=1S/C12H12F6N2O3/c1-2-22-9(21)4-6-3-7(11(13,14)15)10(20-8(6)5-19)23-12(16,17)18/h3H,2,4-5,19H2,1H3. The molecule has 1 aromatic rings. The van der Waals surface area contributed by atoms with E-state index in [1.165, 1.54) is 6.92 Å². The number of esters is 1. The molecular formula is C12H12F6N2O3. The van der Waals surface area contributed by atoms with Crippen molar-refractivity contribution in [3.8, 4) is 5.88 Å². The Bertz CT molecular complexity index is 571. The SMILES string of the molecule is CCOC(=O)Cc1cc(C(F)(F)F)c(OC(F)(F)F)nc1CN. The molecule has 0 fully saturated rings. The molecule has 0 aliphatic carbocycles. The quantitative estimate of drug-likeness (QED) is 0.655. The zero-order chi connectivity index (χ0) is 17.8. The number of aromatic nitrogens is 1. The Labute approximate surface area is 126 Å². The van der Waals surface area contributed by atoms with Crippen LogP contribution in [0.2, 0.25) is 0 Å². The third-order valence-corrected chi connectivity index (χ3v) is 2.51. The molecule has 0 spiro atoms. The lowest BCUT2D eigenvalue weighted by molar-refractivity contribution is -0.278. The van der Waals surface area contributed by atoms with E-state index in [9.17, 15) is 31.1 Å². The van der Waals surface area contributed by atoms with E-state index in [1.54, 1.807) is 0 Å². The van der Waals surface area contributed by atoms with E-state index in [0.717, 1.165) is 0 Å². The molecule has 0 saturated carbocycles. The van der Waals surface area contributed by atoms with E-state index in [1.807, 2.05) is 0 Å². The van der Waals surface area contributed by atoms with Crippen LogP contribution < -0.4 is 10.5 Å². The Kier molecular flexibility index (Phi) is 5.81. The number of nitrogens with two attached hydrogens (primary N) is 1. The molecular weight excluding hydrogens is 334 g/mol. The van der Waals surface area contributed by atoms with E-state index < -0.39 is 42.9 Å². The van der Waals surface area contributed by atoms with Gasteiger partial charge in [-0.2, -0.15) is 13.2 Å². The average Bonchev–Trinajstić information content (AvgIpc) is 2.37. The predicted octanol–water partition coefficient (Wildman–Crippen LogP) is 2.56. The first-order valence-electron chi connectivity index (χ1n) is 6.19. The van der Waals surface area contributed by atoms with Crippen LogP contribution in [-0.4, -0.2) is 23.9 Å². The molecule has 0 aromatic carbocycles. The molecule has 1 rings (SSSR count). The fourth-order valence-corrected chi connectivity index (χ4v) is 1.66. The molecule has 5 nitrogen and oxygen atoms in total. The van der Waals surface area contributed by atoms with Gasteiger partial charge >= 0.3 is 18.5 Å². The van der Waals surface area contributed by atoms with Gasteiger partial charge in [0.2, 0.25) is 5.88 Å². The summed E-state index contributed by atoms with van der Waals surface area (Å²) in [5.41, 5.74) is 2.89. The van der Waals surface area contributed by atoms with E-state index in [0.29, 0.717) is 6.07 Å². The van der Waals surface area contributed by atoms with Gasteiger partial charge in [-0.15, -0.1) is 13.2 Å². The first-order valence-corrected chi connectivity index (χ1v) is 6.19. The Hall–Kier alpha value is -2.04. The van der Waals surface area contributed by atoms with Gasteiger partial charge in [0.05, 0.1) is 18.7 Å². The molecule has 0 bridgehead atoms. The zero-order valence-electron chi connectivity index (χ0n) is 11.7. The van der Waals surface area contributed by atoms with Crippen LogP contribution in [0.1, 0.15) is 23.7 Å². The molecule has 23 heavy (non-hydrogen) atoms. The van der Waals surface area contributed by atoms with Crippen LogP contribution in [-0.2, 0) is 28.7 Å². The van der Waals surface area contributed by atoms with Crippen molar-refractivity contribution in [3.63, 3.8) is 0 Å². The van der Waals surface area contributed by atoms with Crippen molar-refractivity contribution in [2.24, 2.45) is 5.73 Å². The Morgan fingerprint density at radius 3 is 2.30 bits per heavy atom. The zero-order valence-corrected chi connectivity index (χ0v) is 11.7. The lowest BCUT2D eigenvalue weighted by atomic mass is 10.1. The van der Waals surface area contributed by atoms with Gasteiger partial charge in [-0.05, 0) is 18.6 Å². The Morgan fingerprint density at radius 1 is 1.26 bits per heavy atom. The van der Waals surface area contributed by atoms with Crippen molar-refractivity contribution < 1.29 is 40.6 Å². The molecule has 1 aromatic heterocycles. The summed E-state index contributed by atoms with van der Waals surface area (Å²) < 4.78 is 83.2. The number of nitrogens with zero attached hydrogens (tertiary/aromatic N) is 1. The van der Waals surface area contributed by atoms with Crippen LogP contribution in [0.25, 0.3) is 0 Å². The number of hydrogen-bond donors (Lipinski definition) is 1. The summed E-state index contributed by atoms with van der Waals surface area (Å²) in [5, 5.41) is 0. The molecule has 0 amide bonds. The normalized spacial score (nSPS) is 12.2. The highest BCUT2D eigenvalue weighted by molar-refractivity contribution is 5.73. The van der Waals surface area contributed by atoms with E-state index in [4.69, 9.17) is 5.73 Å². The summed E-state index contributed by atoms with van der Waals surface area (Å²) in [6.07, 6.45) is -11.1. The largest absolute Gasteiger partial charge is 0.574 e. The molecule has 0 atom stereocenters. The lowest BCUT2D eigenvalue weighted by Crippen LogP contribution is -2.23. The predicted molar refractivity (Wildman–Crippen MR) is 64.2 cm³/mol. The molecule has 11 heteroatoms. The molecule has 0 aliphatic rings. The third kappa shape index (κ3) is 5.58. The first-order chi connectivity index (χ1) is 10.5. The fourth-order valence-electron chi connectivity index (χ4n) is 1.66. The number of rotatable bonds is 5. The minimum Gasteiger partial charge on any atom is -0.466 e. The van der Waals surface area contributed by atoms with E-state index >= 15 is 0 Å². The van der Waals surface area contributed by atoms with Crippen LogP contribution in [0, 0.1) is 0 Å². The van der Waals surface area contributed by atoms with Gasteiger partial charge < -0.3 is 15.2 Å². The second kappa shape index (κ2) is 7.02. The maximum absolute atomic E-state index is 12.9.